The van der Waals surface area contributed by atoms with E-state index in [1.165, 1.54) is 0 Å². The molecule has 0 aliphatic rings. The summed E-state index contributed by atoms with van der Waals surface area (Å²) < 4.78 is 0. The van der Waals surface area contributed by atoms with Crippen LogP contribution in [0.3, 0.4) is 0 Å². The van der Waals surface area contributed by atoms with E-state index < -0.39 is 29.3 Å². The minimum Gasteiger partial charge on any atom is -0.481 e. The maximum atomic E-state index is 13.9. The molecule has 3 aromatic rings. The Balaban J connectivity index is 2.18. The third-order valence-electron chi connectivity index (χ3n) is 5.21. The van der Waals surface area contributed by atoms with Crippen molar-refractivity contribution in [3.05, 3.63) is 108 Å². The van der Waals surface area contributed by atoms with E-state index in [1.807, 2.05) is 91.0 Å². The van der Waals surface area contributed by atoms with Crippen LogP contribution in [0.25, 0.3) is 0 Å². The van der Waals surface area contributed by atoms with Gasteiger partial charge in [0.15, 0.2) is 0 Å². The van der Waals surface area contributed by atoms with E-state index in [4.69, 9.17) is 5.11 Å². The summed E-state index contributed by atoms with van der Waals surface area (Å²) in [7, 11) is 0. The first-order valence-electron chi connectivity index (χ1n) is 9.88. The molecule has 0 saturated heterocycles. The summed E-state index contributed by atoms with van der Waals surface area (Å²) in [6.45, 7) is 0. The first kappa shape index (κ1) is 21.8. The molecule has 0 aliphatic carbocycles. The van der Waals surface area contributed by atoms with Crippen molar-refractivity contribution in [2.24, 2.45) is 0 Å². The molecule has 3 aromatic carbocycles. The zero-order valence-corrected chi connectivity index (χ0v) is 16.8. The number of carboxylic acids is 2. The summed E-state index contributed by atoms with van der Waals surface area (Å²) in [6, 6.07) is 26.1. The first-order valence-corrected chi connectivity index (χ1v) is 9.88. The van der Waals surface area contributed by atoms with Crippen LogP contribution in [-0.2, 0) is 19.8 Å². The van der Waals surface area contributed by atoms with Crippen LogP contribution in [0.1, 0.15) is 29.5 Å². The van der Waals surface area contributed by atoms with Crippen LogP contribution in [0.15, 0.2) is 91.0 Å². The van der Waals surface area contributed by atoms with Gasteiger partial charge in [-0.15, -0.1) is 0 Å². The Bertz CT molecular complexity index is 939. The fourth-order valence-corrected chi connectivity index (χ4v) is 3.75. The minimum absolute atomic E-state index is 0.217. The van der Waals surface area contributed by atoms with Crippen LogP contribution >= 0.6 is 0 Å². The summed E-state index contributed by atoms with van der Waals surface area (Å²) in [5, 5.41) is 21.2. The Morgan fingerprint density at radius 2 is 1.10 bits per heavy atom. The molecule has 1 amide bonds. The Kier molecular flexibility index (Phi) is 6.82. The molecule has 6 nitrogen and oxygen atoms in total. The van der Waals surface area contributed by atoms with E-state index in [9.17, 15) is 19.5 Å². The largest absolute Gasteiger partial charge is 0.481 e. The zero-order valence-electron chi connectivity index (χ0n) is 16.8. The molecule has 31 heavy (non-hydrogen) atoms. The molecule has 0 aliphatic heterocycles. The quantitative estimate of drug-likeness (QED) is 0.463. The number of carboxylic acid groups (broad SMARTS) is 2. The second-order valence-corrected chi connectivity index (χ2v) is 7.14. The number of carbonyl (C=O) groups is 3. The smallest absolute Gasteiger partial charge is 0.326 e. The average molecular weight is 417 g/mol. The van der Waals surface area contributed by atoms with E-state index in [0.717, 1.165) is 0 Å². The van der Waals surface area contributed by atoms with Gasteiger partial charge in [-0.3, -0.25) is 9.59 Å². The van der Waals surface area contributed by atoms with E-state index in [-0.39, 0.29) is 12.8 Å². The number of nitrogens with one attached hydrogen (secondary N) is 1. The second kappa shape index (κ2) is 9.71. The van der Waals surface area contributed by atoms with Gasteiger partial charge in [0.05, 0.1) is 0 Å². The Labute approximate surface area is 180 Å². The van der Waals surface area contributed by atoms with Crippen molar-refractivity contribution >= 4 is 17.8 Å². The molecule has 0 saturated carbocycles. The molecule has 0 heterocycles. The molecule has 158 valence electrons. The van der Waals surface area contributed by atoms with Crippen molar-refractivity contribution in [1.29, 1.82) is 0 Å². The first-order chi connectivity index (χ1) is 15.0. The average Bonchev–Trinajstić information content (AvgIpc) is 2.79. The van der Waals surface area contributed by atoms with Gasteiger partial charge in [-0.25, -0.2) is 4.79 Å². The summed E-state index contributed by atoms with van der Waals surface area (Å²) >= 11 is 0. The molecule has 0 fully saturated rings. The number of carbonyl (C=O) groups excluding carboxylic acids is 1. The highest BCUT2D eigenvalue weighted by Gasteiger charge is 2.44. The van der Waals surface area contributed by atoms with E-state index in [0.29, 0.717) is 16.7 Å². The lowest BCUT2D eigenvalue weighted by Crippen LogP contribution is -2.52. The lowest BCUT2D eigenvalue weighted by Gasteiger charge is -2.35. The predicted molar refractivity (Wildman–Crippen MR) is 116 cm³/mol. The summed E-state index contributed by atoms with van der Waals surface area (Å²) in [5.41, 5.74) is 0.701. The van der Waals surface area contributed by atoms with Gasteiger partial charge in [-0.05, 0) is 23.1 Å². The molecule has 0 spiro atoms. The second-order valence-electron chi connectivity index (χ2n) is 7.14. The normalized spacial score (nSPS) is 12.0. The molecule has 3 N–H and O–H groups in total. The Hall–Kier alpha value is -3.93. The highest BCUT2D eigenvalue weighted by molar-refractivity contribution is 5.98. The number of amides is 1. The highest BCUT2D eigenvalue weighted by Crippen LogP contribution is 2.39. The minimum atomic E-state index is -1.33. The van der Waals surface area contributed by atoms with Crippen LogP contribution < -0.4 is 5.32 Å². The SMILES string of the molecule is O=C(O)CC[C@H](NC(=O)C(c1ccccc1)(c1ccccc1)c1ccccc1)C(=O)O. The van der Waals surface area contributed by atoms with Gasteiger partial charge < -0.3 is 15.5 Å². The summed E-state index contributed by atoms with van der Waals surface area (Å²) in [6.07, 6.45) is -0.586. The molecule has 0 aromatic heterocycles. The summed E-state index contributed by atoms with van der Waals surface area (Å²) in [4.78, 5) is 36.6. The molecule has 6 heteroatoms. The third kappa shape index (κ3) is 4.64. The van der Waals surface area contributed by atoms with Crippen LogP contribution in [0.2, 0.25) is 0 Å². The lowest BCUT2D eigenvalue weighted by molar-refractivity contribution is -0.143. The van der Waals surface area contributed by atoms with Crippen molar-refractivity contribution in [3.8, 4) is 0 Å². The molecule has 0 unspecified atom stereocenters. The fourth-order valence-electron chi connectivity index (χ4n) is 3.75. The topological polar surface area (TPSA) is 104 Å². The molecular weight excluding hydrogens is 394 g/mol. The fraction of sp³-hybridized carbons (Fsp3) is 0.160. The molecule has 0 radical (unpaired) electrons. The van der Waals surface area contributed by atoms with Gasteiger partial charge in [0.2, 0.25) is 5.91 Å². The van der Waals surface area contributed by atoms with Gasteiger partial charge in [-0.1, -0.05) is 91.0 Å². The van der Waals surface area contributed by atoms with Crippen molar-refractivity contribution in [1.82, 2.24) is 5.32 Å². The van der Waals surface area contributed by atoms with E-state index >= 15 is 0 Å². The maximum absolute atomic E-state index is 13.9. The van der Waals surface area contributed by atoms with Crippen LogP contribution in [0.4, 0.5) is 0 Å². The van der Waals surface area contributed by atoms with E-state index in [2.05, 4.69) is 5.32 Å². The monoisotopic (exact) mass is 417 g/mol. The number of aliphatic carboxylic acids is 2. The van der Waals surface area contributed by atoms with Crippen molar-refractivity contribution in [2.45, 2.75) is 24.3 Å². The maximum Gasteiger partial charge on any atom is 0.326 e. The highest BCUT2D eigenvalue weighted by atomic mass is 16.4. The molecule has 3 rings (SSSR count). The summed E-state index contributed by atoms with van der Waals surface area (Å²) in [5.74, 6) is -2.94. The van der Waals surface area contributed by atoms with Crippen molar-refractivity contribution in [2.75, 3.05) is 0 Å². The number of benzene rings is 3. The molecular formula is C25H23NO5. The van der Waals surface area contributed by atoms with Gasteiger partial charge in [0.25, 0.3) is 0 Å². The zero-order chi connectivity index (χ0) is 22.3. The third-order valence-corrected chi connectivity index (χ3v) is 5.21. The Morgan fingerprint density at radius 3 is 1.42 bits per heavy atom. The lowest BCUT2D eigenvalue weighted by atomic mass is 9.68. The number of rotatable bonds is 9. The number of hydrogen-bond acceptors (Lipinski definition) is 3. The molecule has 1 atom stereocenters. The Morgan fingerprint density at radius 1 is 0.710 bits per heavy atom. The van der Waals surface area contributed by atoms with Gasteiger partial charge in [0, 0.05) is 6.42 Å². The van der Waals surface area contributed by atoms with Gasteiger partial charge in [0.1, 0.15) is 11.5 Å². The van der Waals surface area contributed by atoms with E-state index in [1.54, 1.807) is 0 Å². The number of hydrogen-bond donors (Lipinski definition) is 3. The van der Waals surface area contributed by atoms with Crippen molar-refractivity contribution in [3.63, 3.8) is 0 Å². The standard InChI is InChI=1S/C25H23NO5/c27-22(28)17-16-21(23(29)30)26-24(31)25(18-10-4-1-5-11-18,19-12-6-2-7-13-19)20-14-8-3-9-15-20/h1-15,21H,16-17H2,(H,26,31)(H,27,28)(H,29,30)/t21-/m0/s1. The van der Waals surface area contributed by atoms with Crippen LogP contribution in [0.5, 0.6) is 0 Å². The predicted octanol–water partition coefficient (Wildman–Crippen LogP) is 3.46. The van der Waals surface area contributed by atoms with Gasteiger partial charge in [-0.2, -0.15) is 0 Å². The molecule has 0 bridgehead atoms. The van der Waals surface area contributed by atoms with Crippen molar-refractivity contribution < 1.29 is 24.6 Å². The van der Waals surface area contributed by atoms with Crippen LogP contribution in [0, 0.1) is 0 Å². The van der Waals surface area contributed by atoms with Crippen LogP contribution in [-0.4, -0.2) is 34.1 Å². The van der Waals surface area contributed by atoms with Gasteiger partial charge >= 0.3 is 11.9 Å².